The summed E-state index contributed by atoms with van der Waals surface area (Å²) in [5.41, 5.74) is 2.65. The molecule has 1 N–H and O–H groups in total. The first-order valence-electron chi connectivity index (χ1n) is 11.8. The summed E-state index contributed by atoms with van der Waals surface area (Å²) in [6.45, 7) is 1.54. The summed E-state index contributed by atoms with van der Waals surface area (Å²) in [6, 6.07) is 18.7. The fraction of sp³-hybridized carbons (Fsp3) is 0.346. The highest BCUT2D eigenvalue weighted by atomic mass is 32.2. The topological polar surface area (TPSA) is 68.1 Å². The Labute approximate surface area is 204 Å². The van der Waals surface area contributed by atoms with Gasteiger partial charge in [0.25, 0.3) is 0 Å². The van der Waals surface area contributed by atoms with Crippen molar-refractivity contribution in [1.29, 1.82) is 0 Å². The number of nitrogens with zero attached hydrogens (tertiary/aromatic N) is 5. The molecule has 1 aliphatic rings. The largest absolute Gasteiger partial charge is 0.492 e. The van der Waals surface area contributed by atoms with Crippen LogP contribution in [0.3, 0.4) is 0 Å². The predicted molar refractivity (Wildman–Crippen MR) is 137 cm³/mol. The maximum atomic E-state index is 5.79. The van der Waals surface area contributed by atoms with Crippen LogP contribution >= 0.6 is 11.8 Å². The molecule has 176 valence electrons. The van der Waals surface area contributed by atoms with Gasteiger partial charge in [0.2, 0.25) is 5.95 Å². The monoisotopic (exact) mass is 474 g/mol. The van der Waals surface area contributed by atoms with E-state index in [4.69, 9.17) is 14.7 Å². The first-order chi connectivity index (χ1) is 16.7. The fourth-order valence-electron chi connectivity index (χ4n) is 4.20. The summed E-state index contributed by atoms with van der Waals surface area (Å²) >= 11 is 1.69. The number of benzene rings is 2. The Balaban J connectivity index is 1.38. The van der Waals surface area contributed by atoms with E-state index in [2.05, 4.69) is 44.0 Å². The number of imidazole rings is 1. The maximum absolute atomic E-state index is 5.79. The van der Waals surface area contributed by atoms with Crippen molar-refractivity contribution < 1.29 is 4.74 Å². The molecule has 2 heterocycles. The number of nitrogens with one attached hydrogen (secondary N) is 1. The highest BCUT2D eigenvalue weighted by Crippen LogP contribution is 2.38. The summed E-state index contributed by atoms with van der Waals surface area (Å²) in [5, 5.41) is 4.33. The smallest absolute Gasteiger partial charge is 0.229 e. The number of fused-ring (bicyclic) bond motifs is 1. The van der Waals surface area contributed by atoms with Gasteiger partial charge in [-0.25, -0.2) is 9.97 Å². The quantitative estimate of drug-likeness (QED) is 0.330. The molecule has 2 aromatic heterocycles. The molecule has 0 saturated heterocycles. The van der Waals surface area contributed by atoms with Gasteiger partial charge >= 0.3 is 0 Å². The van der Waals surface area contributed by atoms with Crippen molar-refractivity contribution in [2.24, 2.45) is 0 Å². The van der Waals surface area contributed by atoms with Gasteiger partial charge in [0.05, 0.1) is 6.20 Å². The Morgan fingerprint density at radius 1 is 1.03 bits per heavy atom. The zero-order valence-corrected chi connectivity index (χ0v) is 20.5. The first kappa shape index (κ1) is 22.7. The Morgan fingerprint density at radius 2 is 1.79 bits per heavy atom. The van der Waals surface area contributed by atoms with Crippen molar-refractivity contribution in [1.82, 2.24) is 24.4 Å². The van der Waals surface area contributed by atoms with Gasteiger partial charge in [0.1, 0.15) is 17.9 Å². The van der Waals surface area contributed by atoms with E-state index in [-0.39, 0.29) is 0 Å². The molecule has 0 spiro atoms. The van der Waals surface area contributed by atoms with Gasteiger partial charge in [0.15, 0.2) is 10.8 Å². The number of hydrogen-bond acceptors (Lipinski definition) is 7. The van der Waals surface area contributed by atoms with Gasteiger partial charge in [0, 0.05) is 23.2 Å². The van der Waals surface area contributed by atoms with E-state index in [0.717, 1.165) is 47.1 Å². The minimum Gasteiger partial charge on any atom is -0.492 e. The molecular formula is C26H30N6OS. The lowest BCUT2D eigenvalue weighted by atomic mass is 10.2. The molecule has 0 unspecified atom stereocenters. The van der Waals surface area contributed by atoms with Gasteiger partial charge in [-0.05, 0) is 63.3 Å². The van der Waals surface area contributed by atoms with E-state index in [9.17, 15) is 0 Å². The number of hydrogen-bond donors (Lipinski definition) is 1. The number of rotatable bonds is 9. The molecule has 8 heteroatoms. The lowest BCUT2D eigenvalue weighted by Crippen LogP contribution is -2.19. The molecule has 0 radical (unpaired) electrons. The van der Waals surface area contributed by atoms with E-state index >= 15 is 0 Å². The maximum Gasteiger partial charge on any atom is 0.229 e. The summed E-state index contributed by atoms with van der Waals surface area (Å²) in [5.74, 6) is 1.43. The van der Waals surface area contributed by atoms with Gasteiger partial charge in [-0.15, -0.1) is 0 Å². The van der Waals surface area contributed by atoms with E-state index < -0.39 is 0 Å². The molecule has 0 aliphatic heterocycles. The molecular weight excluding hydrogens is 444 g/mol. The van der Waals surface area contributed by atoms with Crippen molar-refractivity contribution in [2.45, 2.75) is 41.8 Å². The SMILES string of the molecule is CN(C)CCOc1ccc(Nc2ncc3nc(Sc4ccccc4)n(C4CCCC4)c3n2)cc1. The van der Waals surface area contributed by atoms with Crippen molar-refractivity contribution in [3.8, 4) is 5.75 Å². The lowest BCUT2D eigenvalue weighted by molar-refractivity contribution is 0.261. The normalized spacial score (nSPS) is 14.2. The Hall–Kier alpha value is -3.10. The standard InChI is InChI=1S/C26H30N6OS/c1-31(2)16-17-33-21-14-12-19(13-15-21)28-25-27-18-23-24(30-25)32(20-8-6-7-9-20)26(29-23)34-22-10-4-3-5-11-22/h3-5,10-15,18,20H,6-9,16-17H2,1-2H3,(H,27,28,30). The van der Waals surface area contributed by atoms with Crippen LogP contribution in [0.15, 0.2) is 70.8 Å². The van der Waals surface area contributed by atoms with E-state index in [1.165, 1.54) is 17.7 Å². The van der Waals surface area contributed by atoms with Crippen LogP contribution in [0.4, 0.5) is 11.6 Å². The molecule has 1 aliphatic carbocycles. The molecule has 34 heavy (non-hydrogen) atoms. The van der Waals surface area contributed by atoms with E-state index in [1.54, 1.807) is 11.8 Å². The molecule has 0 amide bonds. The van der Waals surface area contributed by atoms with Crippen LogP contribution in [0.5, 0.6) is 5.75 Å². The van der Waals surface area contributed by atoms with Crippen LogP contribution in [-0.2, 0) is 0 Å². The van der Waals surface area contributed by atoms with Gasteiger partial charge in [-0.3, -0.25) is 0 Å². The highest BCUT2D eigenvalue weighted by Gasteiger charge is 2.24. The number of ether oxygens (including phenoxy) is 1. The Morgan fingerprint density at radius 3 is 2.53 bits per heavy atom. The minimum atomic E-state index is 0.428. The third kappa shape index (κ3) is 5.34. The molecule has 0 bridgehead atoms. The third-order valence-electron chi connectivity index (χ3n) is 5.96. The van der Waals surface area contributed by atoms with Crippen molar-refractivity contribution >= 4 is 34.6 Å². The second-order valence-electron chi connectivity index (χ2n) is 8.82. The highest BCUT2D eigenvalue weighted by molar-refractivity contribution is 7.99. The number of anilines is 2. The van der Waals surface area contributed by atoms with Crippen LogP contribution in [0.25, 0.3) is 11.2 Å². The fourth-order valence-corrected chi connectivity index (χ4v) is 5.18. The molecule has 2 aromatic carbocycles. The Kier molecular flexibility index (Phi) is 6.97. The van der Waals surface area contributed by atoms with Gasteiger partial charge in [-0.2, -0.15) is 4.98 Å². The van der Waals surface area contributed by atoms with Crippen LogP contribution in [0.1, 0.15) is 31.7 Å². The Bertz CT molecular complexity index is 1220. The molecule has 1 saturated carbocycles. The third-order valence-corrected chi connectivity index (χ3v) is 6.94. The summed E-state index contributed by atoms with van der Waals surface area (Å²) in [4.78, 5) is 17.6. The van der Waals surface area contributed by atoms with Gasteiger partial charge in [-0.1, -0.05) is 42.8 Å². The van der Waals surface area contributed by atoms with Crippen molar-refractivity contribution in [2.75, 3.05) is 32.6 Å². The second kappa shape index (κ2) is 10.4. The second-order valence-corrected chi connectivity index (χ2v) is 9.86. The van der Waals surface area contributed by atoms with Crippen LogP contribution in [0.2, 0.25) is 0 Å². The number of likely N-dealkylation sites (N-methyl/N-ethyl adjacent to an activating group) is 1. The number of aromatic nitrogens is 4. The molecule has 7 nitrogen and oxygen atoms in total. The first-order valence-corrected chi connectivity index (χ1v) is 12.6. The van der Waals surface area contributed by atoms with Crippen LogP contribution in [-0.4, -0.2) is 51.7 Å². The molecule has 5 rings (SSSR count). The molecule has 1 fully saturated rings. The van der Waals surface area contributed by atoms with E-state index in [0.29, 0.717) is 18.6 Å². The zero-order valence-electron chi connectivity index (χ0n) is 19.6. The molecule has 0 atom stereocenters. The minimum absolute atomic E-state index is 0.428. The van der Waals surface area contributed by atoms with Gasteiger partial charge < -0.3 is 19.5 Å². The average molecular weight is 475 g/mol. The summed E-state index contributed by atoms with van der Waals surface area (Å²) in [7, 11) is 4.07. The summed E-state index contributed by atoms with van der Waals surface area (Å²) in [6.07, 6.45) is 6.65. The molecule has 4 aromatic rings. The lowest BCUT2D eigenvalue weighted by Gasteiger charge is -2.15. The summed E-state index contributed by atoms with van der Waals surface area (Å²) < 4.78 is 8.12. The average Bonchev–Trinajstić information content (AvgIpc) is 3.48. The van der Waals surface area contributed by atoms with Crippen LogP contribution in [0, 0.1) is 0 Å². The van der Waals surface area contributed by atoms with Crippen molar-refractivity contribution in [3.63, 3.8) is 0 Å². The van der Waals surface area contributed by atoms with Crippen molar-refractivity contribution in [3.05, 3.63) is 60.8 Å². The van der Waals surface area contributed by atoms with E-state index in [1.807, 2.05) is 50.6 Å². The van der Waals surface area contributed by atoms with Crippen LogP contribution < -0.4 is 10.1 Å². The predicted octanol–water partition coefficient (Wildman–Crippen LogP) is 5.78. The zero-order chi connectivity index (χ0) is 23.3.